The van der Waals surface area contributed by atoms with Crippen LogP contribution < -0.4 is 4.74 Å². The number of carboxylic acids is 1. The summed E-state index contributed by atoms with van der Waals surface area (Å²) in [4.78, 5) is 13.9. The van der Waals surface area contributed by atoms with Crippen LogP contribution in [0.2, 0.25) is 0 Å². The average molecular weight is 293 g/mol. The molecule has 6 nitrogen and oxygen atoms in total. The lowest BCUT2D eigenvalue weighted by molar-refractivity contribution is 0.0674. The quantitative estimate of drug-likeness (QED) is 0.869. The predicted octanol–water partition coefficient (Wildman–Crippen LogP) is 2.00. The highest BCUT2D eigenvalue weighted by Gasteiger charge is 2.24. The number of rotatable bonds is 6. The summed E-state index contributed by atoms with van der Waals surface area (Å²) in [5, 5.41) is 13.7. The Morgan fingerprint density at radius 1 is 1.24 bits per heavy atom. The smallest absolute Gasteiger partial charge is 0.358 e. The van der Waals surface area contributed by atoms with Crippen molar-refractivity contribution in [3.8, 4) is 5.75 Å². The van der Waals surface area contributed by atoms with Crippen molar-refractivity contribution in [2.45, 2.75) is 51.2 Å². The van der Waals surface area contributed by atoms with E-state index in [-0.39, 0.29) is 11.8 Å². The minimum atomic E-state index is -0.957. The molecule has 1 saturated heterocycles. The molecule has 21 heavy (non-hydrogen) atoms. The summed E-state index contributed by atoms with van der Waals surface area (Å²) in [7, 11) is 0. The molecule has 1 aromatic heterocycles. The Labute approximate surface area is 124 Å². The standard InChI is InChI=1S/C15H23N3O3/c19-15(20)14-13(21-12-5-1-2-6-12)11-16-18(14)10-9-17-7-3-4-8-17/h11-12H,1-10H2,(H,19,20). The molecule has 0 atom stereocenters. The van der Waals surface area contributed by atoms with Crippen LogP contribution in [0.3, 0.4) is 0 Å². The molecule has 0 spiro atoms. The van der Waals surface area contributed by atoms with Crippen molar-refractivity contribution >= 4 is 5.97 Å². The molecule has 2 fully saturated rings. The van der Waals surface area contributed by atoms with Gasteiger partial charge in [0, 0.05) is 6.54 Å². The van der Waals surface area contributed by atoms with Crippen molar-refractivity contribution in [2.24, 2.45) is 0 Å². The van der Waals surface area contributed by atoms with Gasteiger partial charge in [-0.2, -0.15) is 5.10 Å². The van der Waals surface area contributed by atoms with E-state index in [2.05, 4.69) is 10.00 Å². The summed E-state index contributed by atoms with van der Waals surface area (Å²) in [6.07, 6.45) is 8.54. The fourth-order valence-electron chi connectivity index (χ4n) is 3.27. The lowest BCUT2D eigenvalue weighted by Gasteiger charge is -2.15. The van der Waals surface area contributed by atoms with E-state index in [4.69, 9.17) is 4.74 Å². The SMILES string of the molecule is O=C(O)c1c(OC2CCCC2)cnn1CCN1CCCC1. The van der Waals surface area contributed by atoms with Crippen molar-refractivity contribution < 1.29 is 14.6 Å². The number of hydrogen-bond donors (Lipinski definition) is 1. The van der Waals surface area contributed by atoms with Gasteiger partial charge in [-0.15, -0.1) is 0 Å². The predicted molar refractivity (Wildman–Crippen MR) is 77.7 cm³/mol. The molecule has 3 rings (SSSR count). The number of aromatic nitrogens is 2. The van der Waals surface area contributed by atoms with Gasteiger partial charge in [-0.1, -0.05) is 0 Å². The van der Waals surface area contributed by atoms with Crippen LogP contribution in [0.4, 0.5) is 0 Å². The third-order valence-corrected chi connectivity index (χ3v) is 4.43. The first-order chi connectivity index (χ1) is 10.2. The summed E-state index contributed by atoms with van der Waals surface area (Å²) < 4.78 is 7.42. The van der Waals surface area contributed by atoms with E-state index in [1.165, 1.54) is 12.8 Å². The summed E-state index contributed by atoms with van der Waals surface area (Å²) >= 11 is 0. The van der Waals surface area contributed by atoms with E-state index in [1.807, 2.05) is 0 Å². The number of ether oxygens (including phenoxy) is 1. The van der Waals surface area contributed by atoms with E-state index in [9.17, 15) is 9.90 Å². The second-order valence-corrected chi connectivity index (χ2v) is 5.96. The van der Waals surface area contributed by atoms with E-state index in [1.54, 1.807) is 10.9 Å². The first-order valence-corrected chi connectivity index (χ1v) is 7.92. The van der Waals surface area contributed by atoms with Gasteiger partial charge in [-0.3, -0.25) is 4.68 Å². The molecule has 1 saturated carbocycles. The number of aromatic carboxylic acids is 1. The number of likely N-dealkylation sites (tertiary alicyclic amines) is 1. The number of nitrogens with zero attached hydrogens (tertiary/aromatic N) is 3. The van der Waals surface area contributed by atoms with Crippen LogP contribution in [0.15, 0.2) is 6.20 Å². The van der Waals surface area contributed by atoms with Crippen molar-refractivity contribution in [2.75, 3.05) is 19.6 Å². The van der Waals surface area contributed by atoms with Gasteiger partial charge in [0.25, 0.3) is 0 Å². The molecular weight excluding hydrogens is 270 g/mol. The molecule has 2 aliphatic rings. The van der Waals surface area contributed by atoms with Crippen molar-refractivity contribution in [3.05, 3.63) is 11.9 Å². The van der Waals surface area contributed by atoms with Gasteiger partial charge in [-0.05, 0) is 51.6 Å². The first-order valence-electron chi connectivity index (χ1n) is 7.92. The van der Waals surface area contributed by atoms with E-state index >= 15 is 0 Å². The van der Waals surface area contributed by atoms with Crippen LogP contribution in [0, 0.1) is 0 Å². The molecule has 0 aromatic carbocycles. The van der Waals surface area contributed by atoms with Gasteiger partial charge in [0.2, 0.25) is 0 Å². The normalized spacial score (nSPS) is 20.2. The zero-order valence-corrected chi connectivity index (χ0v) is 12.3. The summed E-state index contributed by atoms with van der Waals surface area (Å²) in [6, 6.07) is 0. The van der Waals surface area contributed by atoms with Crippen molar-refractivity contribution in [1.82, 2.24) is 14.7 Å². The molecule has 1 N–H and O–H groups in total. The average Bonchev–Trinajstić information content (AvgIpc) is 3.18. The van der Waals surface area contributed by atoms with Gasteiger partial charge in [0.1, 0.15) is 0 Å². The van der Waals surface area contributed by atoms with Crippen LogP contribution in [-0.4, -0.2) is 51.5 Å². The lowest BCUT2D eigenvalue weighted by Crippen LogP contribution is -2.26. The van der Waals surface area contributed by atoms with Crippen LogP contribution in [0.1, 0.15) is 49.0 Å². The fourth-order valence-corrected chi connectivity index (χ4v) is 3.27. The molecule has 116 valence electrons. The fraction of sp³-hybridized carbons (Fsp3) is 0.733. The Balaban J connectivity index is 1.67. The highest BCUT2D eigenvalue weighted by Crippen LogP contribution is 2.26. The topological polar surface area (TPSA) is 67.6 Å². The van der Waals surface area contributed by atoms with Crippen LogP contribution in [0.5, 0.6) is 5.75 Å². The molecule has 1 aliphatic heterocycles. The minimum absolute atomic E-state index is 0.152. The monoisotopic (exact) mass is 293 g/mol. The molecule has 0 radical (unpaired) electrons. The van der Waals surface area contributed by atoms with Crippen LogP contribution >= 0.6 is 0 Å². The summed E-state index contributed by atoms with van der Waals surface area (Å²) in [6.45, 7) is 3.67. The molecule has 1 aromatic rings. The van der Waals surface area contributed by atoms with E-state index < -0.39 is 5.97 Å². The highest BCUT2D eigenvalue weighted by molar-refractivity contribution is 5.88. The molecule has 6 heteroatoms. The Kier molecular flexibility index (Phi) is 4.43. The highest BCUT2D eigenvalue weighted by atomic mass is 16.5. The molecular formula is C15H23N3O3. The number of carbonyl (C=O) groups is 1. The molecule has 2 heterocycles. The minimum Gasteiger partial charge on any atom is -0.486 e. The molecule has 1 aliphatic carbocycles. The van der Waals surface area contributed by atoms with Crippen LogP contribution in [0.25, 0.3) is 0 Å². The van der Waals surface area contributed by atoms with Gasteiger partial charge in [0.15, 0.2) is 11.4 Å². The summed E-state index contributed by atoms with van der Waals surface area (Å²) in [5.41, 5.74) is 0.195. The van der Waals surface area contributed by atoms with Gasteiger partial charge < -0.3 is 14.7 Å². The Hall–Kier alpha value is -1.56. The number of hydrogen-bond acceptors (Lipinski definition) is 4. The third kappa shape index (κ3) is 3.37. The maximum atomic E-state index is 11.5. The lowest BCUT2D eigenvalue weighted by atomic mass is 10.3. The van der Waals surface area contributed by atoms with Gasteiger partial charge in [-0.25, -0.2) is 4.79 Å². The first kappa shape index (κ1) is 14.4. The Morgan fingerprint density at radius 2 is 1.95 bits per heavy atom. The maximum Gasteiger partial charge on any atom is 0.358 e. The van der Waals surface area contributed by atoms with Gasteiger partial charge in [0.05, 0.1) is 18.8 Å². The summed E-state index contributed by atoms with van der Waals surface area (Å²) in [5.74, 6) is -0.530. The second kappa shape index (κ2) is 6.47. The van der Waals surface area contributed by atoms with Crippen molar-refractivity contribution in [3.63, 3.8) is 0 Å². The van der Waals surface area contributed by atoms with Crippen LogP contribution in [-0.2, 0) is 6.54 Å². The number of carboxylic acid groups (broad SMARTS) is 1. The maximum absolute atomic E-state index is 11.5. The molecule has 0 amide bonds. The second-order valence-electron chi connectivity index (χ2n) is 5.96. The largest absolute Gasteiger partial charge is 0.486 e. The third-order valence-electron chi connectivity index (χ3n) is 4.43. The molecule has 0 unspecified atom stereocenters. The Morgan fingerprint density at radius 3 is 2.62 bits per heavy atom. The van der Waals surface area contributed by atoms with E-state index in [0.717, 1.165) is 45.3 Å². The zero-order valence-electron chi connectivity index (χ0n) is 12.3. The Bertz CT molecular complexity index is 488. The van der Waals surface area contributed by atoms with E-state index in [0.29, 0.717) is 12.3 Å². The molecule has 0 bridgehead atoms. The van der Waals surface area contributed by atoms with Gasteiger partial charge >= 0.3 is 5.97 Å². The van der Waals surface area contributed by atoms with Crippen molar-refractivity contribution in [1.29, 1.82) is 0 Å². The zero-order chi connectivity index (χ0) is 14.7.